The fourth-order valence-corrected chi connectivity index (χ4v) is 2.32. The third-order valence-corrected chi connectivity index (χ3v) is 4.44. The Morgan fingerprint density at radius 1 is 1.20 bits per heavy atom. The summed E-state index contributed by atoms with van der Waals surface area (Å²) in [6.45, 7) is 1.44. The van der Waals surface area contributed by atoms with Gasteiger partial charge in [0.15, 0.2) is 0 Å². The highest BCUT2D eigenvalue weighted by molar-refractivity contribution is 14.1. The van der Waals surface area contributed by atoms with Gasteiger partial charge in [0.25, 0.3) is 0 Å². The zero-order chi connectivity index (χ0) is 14.9. The monoisotopic (exact) mass is 396 g/mol. The molecule has 1 saturated heterocycles. The molecule has 0 radical (unpaired) electrons. The molecule has 1 fully saturated rings. The highest BCUT2D eigenvalue weighted by Gasteiger charge is 2.44. The largest absolute Gasteiger partial charge is 0.462 e. The number of halogens is 1. The van der Waals surface area contributed by atoms with Gasteiger partial charge in [-0.1, -0.05) is 0 Å². The van der Waals surface area contributed by atoms with E-state index < -0.39 is 37.3 Å². The van der Waals surface area contributed by atoms with E-state index in [4.69, 9.17) is 14.6 Å². The van der Waals surface area contributed by atoms with Gasteiger partial charge in [-0.15, -0.1) is 0 Å². The Hall–Kier alpha value is -0.450. The predicted molar refractivity (Wildman–Crippen MR) is 78.3 cm³/mol. The molecule has 1 aliphatic rings. The van der Waals surface area contributed by atoms with Gasteiger partial charge in [-0.25, -0.2) is 0 Å². The number of rotatable bonds is 3. The van der Waals surface area contributed by atoms with Crippen LogP contribution in [-0.4, -0.2) is 57.7 Å². The highest BCUT2D eigenvalue weighted by atomic mass is 127. The fraction of sp³-hybridized carbons (Fsp3) is 0.538. The summed E-state index contributed by atoms with van der Waals surface area (Å²) in [6, 6.07) is 5.36. The molecule has 1 aromatic carbocycles. The summed E-state index contributed by atoms with van der Waals surface area (Å²) >= 11 is 2.19. The van der Waals surface area contributed by atoms with Crippen molar-refractivity contribution >= 4 is 22.6 Å². The topological polar surface area (TPSA) is 99.4 Å². The number of benzene rings is 1. The molecule has 1 unspecified atom stereocenters. The first-order chi connectivity index (χ1) is 9.43. The molecule has 1 aromatic rings. The van der Waals surface area contributed by atoms with Crippen molar-refractivity contribution in [3.8, 4) is 5.75 Å². The van der Waals surface area contributed by atoms with E-state index >= 15 is 0 Å². The lowest BCUT2D eigenvalue weighted by atomic mass is 9.99. The van der Waals surface area contributed by atoms with Crippen molar-refractivity contribution in [2.75, 3.05) is 6.61 Å². The minimum atomic E-state index is -1.43. The second-order valence-electron chi connectivity index (χ2n) is 4.73. The van der Waals surface area contributed by atoms with E-state index in [2.05, 4.69) is 22.6 Å². The molecule has 20 heavy (non-hydrogen) atoms. The molecule has 5 atom stereocenters. The van der Waals surface area contributed by atoms with E-state index in [-0.39, 0.29) is 0 Å². The Bertz CT molecular complexity index is 466. The number of aryl methyl sites for hydroxylation is 1. The number of aliphatic hydroxyl groups is 4. The van der Waals surface area contributed by atoms with Crippen molar-refractivity contribution in [3.05, 3.63) is 27.3 Å². The number of ether oxygens (including phenoxy) is 2. The van der Waals surface area contributed by atoms with Crippen LogP contribution in [0.5, 0.6) is 5.75 Å². The minimum absolute atomic E-state index is 0.476. The molecule has 2 rings (SSSR count). The van der Waals surface area contributed by atoms with Crippen LogP contribution in [0, 0.1) is 10.5 Å². The van der Waals surface area contributed by atoms with Gasteiger partial charge in [0.1, 0.15) is 30.2 Å². The van der Waals surface area contributed by atoms with Crippen LogP contribution in [0.15, 0.2) is 18.2 Å². The van der Waals surface area contributed by atoms with Crippen LogP contribution in [0.3, 0.4) is 0 Å². The van der Waals surface area contributed by atoms with Crippen LogP contribution in [0.2, 0.25) is 0 Å². The van der Waals surface area contributed by atoms with Crippen molar-refractivity contribution < 1.29 is 29.9 Å². The Balaban J connectivity index is 2.13. The first-order valence-electron chi connectivity index (χ1n) is 6.17. The normalized spacial score (nSPS) is 34.0. The highest BCUT2D eigenvalue weighted by Crippen LogP contribution is 2.25. The number of aliphatic hydroxyl groups excluding tert-OH is 4. The van der Waals surface area contributed by atoms with Gasteiger partial charge in [0.2, 0.25) is 6.29 Å². The third kappa shape index (κ3) is 3.23. The van der Waals surface area contributed by atoms with Crippen molar-refractivity contribution in [1.29, 1.82) is 0 Å². The molecule has 0 saturated carbocycles. The van der Waals surface area contributed by atoms with Crippen molar-refractivity contribution in [3.63, 3.8) is 0 Å². The molecule has 0 bridgehead atoms. The van der Waals surface area contributed by atoms with Crippen molar-refractivity contribution in [1.82, 2.24) is 0 Å². The maximum atomic E-state index is 9.86. The van der Waals surface area contributed by atoms with Crippen LogP contribution in [0.4, 0.5) is 0 Å². The Morgan fingerprint density at radius 3 is 2.50 bits per heavy atom. The third-order valence-electron chi connectivity index (χ3n) is 3.23. The standard InChI is InChI=1S/C13H17IO6/c1-6-4-7(2-3-8(6)14)19-13-12(18)11(17)10(16)9(5-15)20-13/h2-4,9-13,15-18H,5H2,1H3/t9-,10-,11+,12+,13?/m1/s1. The Labute approximate surface area is 130 Å². The van der Waals surface area contributed by atoms with Crippen LogP contribution >= 0.6 is 22.6 Å². The summed E-state index contributed by atoms with van der Waals surface area (Å²) in [4.78, 5) is 0. The SMILES string of the molecule is Cc1cc(OC2O[C@H](CO)[C@@H](O)[C@H](O)[C@@H]2O)ccc1I. The van der Waals surface area contributed by atoms with Gasteiger partial charge in [0, 0.05) is 3.57 Å². The minimum Gasteiger partial charge on any atom is -0.462 e. The maximum absolute atomic E-state index is 9.86. The van der Waals surface area contributed by atoms with Gasteiger partial charge >= 0.3 is 0 Å². The van der Waals surface area contributed by atoms with E-state index in [1.54, 1.807) is 12.1 Å². The molecule has 1 heterocycles. The molecule has 1 aliphatic heterocycles. The van der Waals surface area contributed by atoms with Gasteiger partial charge in [-0.05, 0) is 53.3 Å². The molecule has 0 spiro atoms. The summed E-state index contributed by atoms with van der Waals surface area (Å²) in [5, 5.41) is 38.3. The summed E-state index contributed by atoms with van der Waals surface area (Å²) < 4.78 is 11.8. The molecule has 0 aliphatic carbocycles. The summed E-state index contributed by atoms with van der Waals surface area (Å²) in [7, 11) is 0. The molecular weight excluding hydrogens is 379 g/mol. The molecule has 0 aromatic heterocycles. The van der Waals surface area contributed by atoms with E-state index in [0.29, 0.717) is 5.75 Å². The van der Waals surface area contributed by atoms with E-state index in [0.717, 1.165) is 9.13 Å². The molecule has 4 N–H and O–H groups in total. The van der Waals surface area contributed by atoms with Gasteiger partial charge in [0.05, 0.1) is 6.61 Å². The maximum Gasteiger partial charge on any atom is 0.229 e. The van der Waals surface area contributed by atoms with Crippen LogP contribution < -0.4 is 4.74 Å². The first-order valence-corrected chi connectivity index (χ1v) is 7.25. The average Bonchev–Trinajstić information content (AvgIpc) is 2.43. The van der Waals surface area contributed by atoms with Crippen molar-refractivity contribution in [2.45, 2.75) is 37.6 Å². The lowest BCUT2D eigenvalue weighted by Crippen LogP contribution is -2.60. The molecule has 6 nitrogen and oxygen atoms in total. The van der Waals surface area contributed by atoms with Crippen LogP contribution in [0.1, 0.15) is 5.56 Å². The number of hydrogen-bond acceptors (Lipinski definition) is 6. The lowest BCUT2D eigenvalue weighted by molar-refractivity contribution is -0.277. The Kier molecular flexibility index (Phi) is 5.21. The van der Waals surface area contributed by atoms with Gasteiger partial charge in [-0.2, -0.15) is 0 Å². The fourth-order valence-electron chi connectivity index (χ4n) is 1.99. The molecule has 112 valence electrons. The zero-order valence-electron chi connectivity index (χ0n) is 10.8. The second kappa shape index (κ2) is 6.54. The van der Waals surface area contributed by atoms with Crippen molar-refractivity contribution in [2.24, 2.45) is 0 Å². The predicted octanol–water partition coefficient (Wildman–Crippen LogP) is -0.222. The number of hydrogen-bond donors (Lipinski definition) is 4. The zero-order valence-corrected chi connectivity index (χ0v) is 13.0. The summed E-state index contributed by atoms with van der Waals surface area (Å²) in [6.07, 6.45) is -6.33. The smallest absolute Gasteiger partial charge is 0.229 e. The Morgan fingerprint density at radius 2 is 1.90 bits per heavy atom. The molecule has 7 heteroatoms. The van der Waals surface area contributed by atoms with E-state index in [1.807, 2.05) is 13.0 Å². The summed E-state index contributed by atoms with van der Waals surface area (Å²) in [5.41, 5.74) is 1.01. The van der Waals surface area contributed by atoms with Crippen LogP contribution in [-0.2, 0) is 4.74 Å². The van der Waals surface area contributed by atoms with E-state index in [9.17, 15) is 15.3 Å². The molecular formula is C13H17IO6. The quantitative estimate of drug-likeness (QED) is 0.528. The second-order valence-corrected chi connectivity index (χ2v) is 5.89. The average molecular weight is 396 g/mol. The van der Waals surface area contributed by atoms with E-state index in [1.165, 1.54) is 0 Å². The first kappa shape index (κ1) is 15.9. The van der Waals surface area contributed by atoms with Gasteiger partial charge in [-0.3, -0.25) is 0 Å². The molecule has 0 amide bonds. The summed E-state index contributed by atoms with van der Waals surface area (Å²) in [5.74, 6) is 0.479. The van der Waals surface area contributed by atoms with Gasteiger partial charge < -0.3 is 29.9 Å². The lowest BCUT2D eigenvalue weighted by Gasteiger charge is -2.39. The van der Waals surface area contributed by atoms with Crippen LogP contribution in [0.25, 0.3) is 0 Å².